The largest absolute Gasteiger partial charge is 0.495 e. The molecule has 112 valence electrons. The van der Waals surface area contributed by atoms with Gasteiger partial charge in [-0.2, -0.15) is 0 Å². The highest BCUT2D eigenvalue weighted by atomic mass is 79.9. The minimum atomic E-state index is -0.295. The third kappa shape index (κ3) is 3.10. The van der Waals surface area contributed by atoms with Gasteiger partial charge in [-0.15, -0.1) is 0 Å². The van der Waals surface area contributed by atoms with Crippen LogP contribution in [0.15, 0.2) is 39.3 Å². The van der Waals surface area contributed by atoms with Crippen molar-refractivity contribution in [1.82, 2.24) is 0 Å². The number of rotatable bonds is 4. The molecule has 0 radical (unpaired) electrons. The van der Waals surface area contributed by atoms with Crippen molar-refractivity contribution in [1.29, 1.82) is 0 Å². The standard InChI is InChI=1S/C16H17Br2NO2/c1-9-5-4-6-10(13(9)17)15(19)11-7-8-12(20-2)14(18)16(11)21-3/h4-8,15H,19H2,1-3H3. The van der Waals surface area contributed by atoms with Crippen molar-refractivity contribution in [3.05, 3.63) is 56.0 Å². The highest BCUT2D eigenvalue weighted by Gasteiger charge is 2.21. The molecule has 0 heterocycles. The van der Waals surface area contributed by atoms with Gasteiger partial charge in [0.25, 0.3) is 0 Å². The molecule has 21 heavy (non-hydrogen) atoms. The third-order valence-electron chi connectivity index (χ3n) is 3.41. The fraction of sp³-hybridized carbons (Fsp3) is 0.250. The molecule has 0 saturated heterocycles. The summed E-state index contributed by atoms with van der Waals surface area (Å²) in [5.41, 5.74) is 9.52. The van der Waals surface area contributed by atoms with Crippen LogP contribution in [-0.2, 0) is 0 Å². The van der Waals surface area contributed by atoms with E-state index < -0.39 is 0 Å². The van der Waals surface area contributed by atoms with Gasteiger partial charge in [0.15, 0.2) is 0 Å². The van der Waals surface area contributed by atoms with E-state index in [1.54, 1.807) is 14.2 Å². The minimum Gasteiger partial charge on any atom is -0.495 e. The van der Waals surface area contributed by atoms with Gasteiger partial charge in [-0.3, -0.25) is 0 Å². The Balaban J connectivity index is 2.56. The van der Waals surface area contributed by atoms with Crippen molar-refractivity contribution in [2.24, 2.45) is 5.73 Å². The van der Waals surface area contributed by atoms with E-state index in [-0.39, 0.29) is 6.04 Å². The summed E-state index contributed by atoms with van der Waals surface area (Å²) in [5.74, 6) is 1.40. The number of halogens is 2. The number of ether oxygens (including phenoxy) is 2. The first-order chi connectivity index (χ1) is 10.0. The molecule has 0 aliphatic heterocycles. The van der Waals surface area contributed by atoms with Gasteiger partial charge < -0.3 is 15.2 Å². The maximum absolute atomic E-state index is 6.45. The summed E-state index contributed by atoms with van der Waals surface area (Å²) < 4.78 is 12.6. The van der Waals surface area contributed by atoms with Gasteiger partial charge in [-0.1, -0.05) is 34.1 Å². The molecule has 0 amide bonds. The zero-order chi connectivity index (χ0) is 15.6. The van der Waals surface area contributed by atoms with Gasteiger partial charge in [0.1, 0.15) is 16.0 Å². The summed E-state index contributed by atoms with van der Waals surface area (Å²) in [6.07, 6.45) is 0. The Bertz CT molecular complexity index is 659. The van der Waals surface area contributed by atoms with E-state index in [9.17, 15) is 0 Å². The van der Waals surface area contributed by atoms with E-state index in [4.69, 9.17) is 15.2 Å². The van der Waals surface area contributed by atoms with Crippen molar-refractivity contribution >= 4 is 31.9 Å². The van der Waals surface area contributed by atoms with Crippen LogP contribution < -0.4 is 15.2 Å². The summed E-state index contributed by atoms with van der Waals surface area (Å²) in [5, 5.41) is 0. The number of hydrogen-bond donors (Lipinski definition) is 1. The quantitative estimate of drug-likeness (QED) is 0.795. The lowest BCUT2D eigenvalue weighted by Gasteiger charge is -2.20. The van der Waals surface area contributed by atoms with Crippen LogP contribution in [0.3, 0.4) is 0 Å². The molecule has 0 aliphatic rings. The first-order valence-electron chi connectivity index (χ1n) is 6.42. The van der Waals surface area contributed by atoms with Crippen molar-refractivity contribution < 1.29 is 9.47 Å². The van der Waals surface area contributed by atoms with E-state index in [0.717, 1.165) is 25.6 Å². The van der Waals surface area contributed by atoms with Gasteiger partial charge in [0.05, 0.1) is 20.3 Å². The molecule has 2 aromatic rings. The summed E-state index contributed by atoms with van der Waals surface area (Å²) in [4.78, 5) is 0. The molecular weight excluding hydrogens is 398 g/mol. The predicted molar refractivity (Wildman–Crippen MR) is 92.2 cm³/mol. The topological polar surface area (TPSA) is 44.5 Å². The van der Waals surface area contributed by atoms with Crippen molar-refractivity contribution in [2.45, 2.75) is 13.0 Å². The number of methoxy groups -OCH3 is 2. The normalized spacial score (nSPS) is 12.1. The number of nitrogens with two attached hydrogens (primary N) is 1. The first-order valence-corrected chi connectivity index (χ1v) is 8.00. The number of aryl methyl sites for hydroxylation is 1. The monoisotopic (exact) mass is 413 g/mol. The number of benzene rings is 2. The molecule has 3 nitrogen and oxygen atoms in total. The molecule has 0 fully saturated rings. The highest BCUT2D eigenvalue weighted by Crippen LogP contribution is 2.41. The van der Waals surface area contributed by atoms with Crippen LogP contribution in [-0.4, -0.2) is 14.2 Å². The summed E-state index contributed by atoms with van der Waals surface area (Å²) in [6, 6.07) is 9.57. The maximum Gasteiger partial charge on any atom is 0.141 e. The van der Waals surface area contributed by atoms with Gasteiger partial charge in [-0.05, 0) is 46.1 Å². The Hall–Kier alpha value is -1.04. The number of hydrogen-bond acceptors (Lipinski definition) is 3. The molecule has 1 unspecified atom stereocenters. The van der Waals surface area contributed by atoms with Gasteiger partial charge in [0.2, 0.25) is 0 Å². The molecule has 5 heteroatoms. The van der Waals surface area contributed by atoms with E-state index in [2.05, 4.69) is 31.9 Å². The van der Waals surface area contributed by atoms with Gasteiger partial charge in [-0.25, -0.2) is 0 Å². The molecule has 0 aromatic heterocycles. The maximum atomic E-state index is 6.45. The van der Waals surface area contributed by atoms with E-state index >= 15 is 0 Å². The van der Waals surface area contributed by atoms with Crippen molar-refractivity contribution in [3.63, 3.8) is 0 Å². The zero-order valence-electron chi connectivity index (χ0n) is 12.1. The predicted octanol–water partition coefficient (Wildman–Crippen LogP) is 4.59. The summed E-state index contributed by atoms with van der Waals surface area (Å²) in [7, 11) is 3.25. The Morgan fingerprint density at radius 1 is 0.952 bits per heavy atom. The van der Waals surface area contributed by atoms with Crippen LogP contribution in [0.25, 0.3) is 0 Å². The fourth-order valence-electron chi connectivity index (χ4n) is 2.24. The van der Waals surface area contributed by atoms with Crippen LogP contribution in [0.4, 0.5) is 0 Å². The van der Waals surface area contributed by atoms with Crippen LogP contribution in [0.5, 0.6) is 11.5 Å². The van der Waals surface area contributed by atoms with Gasteiger partial charge >= 0.3 is 0 Å². The Morgan fingerprint density at radius 2 is 1.67 bits per heavy atom. The second-order valence-electron chi connectivity index (χ2n) is 4.66. The first kappa shape index (κ1) is 16.3. The van der Waals surface area contributed by atoms with E-state index in [0.29, 0.717) is 11.5 Å². The Labute approximate surface area is 141 Å². The summed E-state index contributed by atoms with van der Waals surface area (Å²) in [6.45, 7) is 2.04. The molecule has 0 spiro atoms. The molecule has 0 aliphatic carbocycles. The smallest absolute Gasteiger partial charge is 0.141 e. The second-order valence-corrected chi connectivity index (χ2v) is 6.25. The highest BCUT2D eigenvalue weighted by molar-refractivity contribution is 9.11. The van der Waals surface area contributed by atoms with Crippen LogP contribution in [0, 0.1) is 6.92 Å². The van der Waals surface area contributed by atoms with Crippen LogP contribution in [0.1, 0.15) is 22.7 Å². The van der Waals surface area contributed by atoms with Crippen LogP contribution in [0.2, 0.25) is 0 Å². The lowest BCUT2D eigenvalue weighted by Crippen LogP contribution is -2.14. The molecule has 0 saturated carbocycles. The van der Waals surface area contributed by atoms with Crippen molar-refractivity contribution in [2.75, 3.05) is 14.2 Å². The average Bonchev–Trinajstić information content (AvgIpc) is 2.49. The average molecular weight is 415 g/mol. The zero-order valence-corrected chi connectivity index (χ0v) is 15.3. The Morgan fingerprint density at radius 3 is 2.29 bits per heavy atom. The third-order valence-corrected chi connectivity index (χ3v) is 5.24. The lowest BCUT2D eigenvalue weighted by molar-refractivity contribution is 0.385. The second kappa shape index (κ2) is 6.81. The summed E-state index contributed by atoms with van der Waals surface area (Å²) >= 11 is 7.12. The van der Waals surface area contributed by atoms with Crippen molar-refractivity contribution in [3.8, 4) is 11.5 Å². The Kier molecular flexibility index (Phi) is 5.30. The molecule has 2 rings (SSSR count). The SMILES string of the molecule is COc1ccc(C(N)c2cccc(C)c2Br)c(OC)c1Br. The van der Waals surface area contributed by atoms with E-state index in [1.807, 2.05) is 37.3 Å². The molecule has 2 aromatic carbocycles. The lowest BCUT2D eigenvalue weighted by atomic mass is 9.97. The molecule has 0 bridgehead atoms. The minimum absolute atomic E-state index is 0.295. The van der Waals surface area contributed by atoms with Crippen LogP contribution >= 0.6 is 31.9 Å². The van der Waals surface area contributed by atoms with Gasteiger partial charge in [0, 0.05) is 10.0 Å². The molecule has 1 atom stereocenters. The fourth-order valence-corrected chi connectivity index (χ4v) is 3.44. The molecule has 2 N–H and O–H groups in total. The molecular formula is C16H17Br2NO2. The van der Waals surface area contributed by atoms with E-state index in [1.165, 1.54) is 0 Å².